The molecule has 0 unspecified atom stereocenters. The number of hydrogen-bond acceptors (Lipinski definition) is 4. The Hall–Kier alpha value is -1.77. The van der Waals surface area contributed by atoms with Crippen LogP contribution in [0.25, 0.3) is 0 Å². The molecule has 0 aliphatic carbocycles. The lowest BCUT2D eigenvalue weighted by Gasteiger charge is -2.02. The van der Waals surface area contributed by atoms with Crippen LogP contribution in [-0.4, -0.2) is 23.0 Å². The molecule has 0 aliphatic heterocycles. The number of nitro groups is 1. The maximum absolute atomic E-state index is 12.5. The zero-order valence-corrected chi connectivity index (χ0v) is 8.55. The van der Waals surface area contributed by atoms with E-state index in [0.29, 0.717) is 4.88 Å². The first-order valence-corrected chi connectivity index (χ1v) is 4.68. The average Bonchev–Trinajstić information content (AvgIpc) is 2.58. The van der Waals surface area contributed by atoms with Gasteiger partial charge in [0.25, 0.3) is 11.2 Å². The van der Waals surface area contributed by atoms with E-state index in [-0.39, 0.29) is 12.5 Å². The highest BCUT2D eigenvalue weighted by molar-refractivity contribution is 7.09. The minimum atomic E-state index is -0.827. The lowest BCUT2D eigenvalue weighted by molar-refractivity contribution is -0.485. The number of hydrogen-bond donors (Lipinski definition) is 2. The molecule has 0 radical (unpaired) electrons. The number of guanidine groups is 1. The molecule has 0 atom stereocenters. The highest BCUT2D eigenvalue weighted by Gasteiger charge is 2.04. The Labute approximate surface area is 88.2 Å². The van der Waals surface area contributed by atoms with E-state index in [9.17, 15) is 14.5 Å². The zero-order valence-electron chi connectivity index (χ0n) is 7.73. The van der Waals surface area contributed by atoms with Crippen molar-refractivity contribution in [3.05, 3.63) is 26.4 Å². The van der Waals surface area contributed by atoms with Gasteiger partial charge in [-0.2, -0.15) is 4.39 Å². The number of halogens is 1. The second kappa shape index (κ2) is 5.20. The molecule has 0 amide bonds. The van der Waals surface area contributed by atoms with Crippen molar-refractivity contribution >= 4 is 17.3 Å². The fraction of sp³-hybridized carbons (Fsp3) is 0.333. The van der Waals surface area contributed by atoms with Crippen LogP contribution in [0.4, 0.5) is 4.39 Å². The number of rotatable bonds is 3. The van der Waals surface area contributed by atoms with E-state index < -0.39 is 10.3 Å². The molecule has 1 rings (SSSR count). The number of nitrogens with one attached hydrogen (secondary N) is 2. The molecule has 82 valence electrons. The van der Waals surface area contributed by atoms with Crippen molar-refractivity contribution in [2.45, 2.75) is 6.54 Å². The quantitative estimate of drug-likeness (QED) is 0.335. The van der Waals surface area contributed by atoms with Gasteiger partial charge in [-0.3, -0.25) is 0 Å². The normalized spacial score (nSPS) is 11.2. The molecule has 9 heteroatoms. The second-order valence-corrected chi connectivity index (χ2v) is 3.43. The van der Waals surface area contributed by atoms with Gasteiger partial charge < -0.3 is 10.6 Å². The van der Waals surface area contributed by atoms with Crippen LogP contribution >= 0.6 is 11.3 Å². The van der Waals surface area contributed by atoms with Crippen LogP contribution < -0.4 is 10.6 Å². The molecule has 0 fully saturated rings. The minimum absolute atomic E-state index is 0.00816. The van der Waals surface area contributed by atoms with E-state index >= 15 is 0 Å². The molecule has 0 aliphatic rings. The zero-order chi connectivity index (χ0) is 11.3. The fourth-order valence-corrected chi connectivity index (χ4v) is 1.36. The number of nitrogens with zero attached hydrogens (tertiary/aromatic N) is 3. The minimum Gasteiger partial charge on any atom is -0.354 e. The number of thiazole rings is 1. The summed E-state index contributed by atoms with van der Waals surface area (Å²) >= 11 is 0.866. The van der Waals surface area contributed by atoms with Crippen LogP contribution in [-0.2, 0) is 6.54 Å². The molecular weight excluding hydrogens is 225 g/mol. The van der Waals surface area contributed by atoms with Gasteiger partial charge in [0, 0.05) is 18.1 Å². The predicted octanol–water partition coefficient (Wildman–Crippen LogP) is 0.139. The topological polar surface area (TPSA) is 92.5 Å². The predicted molar refractivity (Wildman–Crippen MR) is 52.4 cm³/mol. The molecule has 0 spiro atoms. The van der Waals surface area contributed by atoms with Crippen molar-refractivity contribution in [2.24, 2.45) is 5.10 Å². The van der Waals surface area contributed by atoms with Gasteiger partial charge in [0.1, 0.15) is 5.10 Å². The molecule has 15 heavy (non-hydrogen) atoms. The first kappa shape index (κ1) is 11.3. The molecular formula is C6H8FN5O2S. The second-order valence-electron chi connectivity index (χ2n) is 2.37. The van der Waals surface area contributed by atoms with Crippen molar-refractivity contribution in [2.75, 3.05) is 7.05 Å². The van der Waals surface area contributed by atoms with Gasteiger partial charge in [0.15, 0.2) is 5.03 Å². The molecule has 1 aromatic rings. The molecule has 7 nitrogen and oxygen atoms in total. The molecule has 1 heterocycles. The van der Waals surface area contributed by atoms with E-state index in [1.54, 1.807) is 0 Å². The lowest BCUT2D eigenvalue weighted by atomic mass is 10.5. The van der Waals surface area contributed by atoms with E-state index in [2.05, 4.69) is 20.7 Å². The third kappa shape index (κ3) is 3.85. The summed E-state index contributed by atoms with van der Waals surface area (Å²) < 4.78 is 12.5. The first-order chi connectivity index (χ1) is 7.11. The monoisotopic (exact) mass is 233 g/mol. The SMILES string of the molecule is CN/C(=N\[N+](=O)[O-])NCc1cnc(F)s1. The van der Waals surface area contributed by atoms with Gasteiger partial charge in [-0.1, -0.05) is 11.3 Å². The Morgan fingerprint density at radius 2 is 2.60 bits per heavy atom. The van der Waals surface area contributed by atoms with Gasteiger partial charge in [0.2, 0.25) is 0 Å². The summed E-state index contributed by atoms with van der Waals surface area (Å²) in [5, 5.41) is 16.8. The Balaban J connectivity index is 2.51. The van der Waals surface area contributed by atoms with Gasteiger partial charge in [-0.15, -0.1) is 0 Å². The fourth-order valence-electron chi connectivity index (χ4n) is 0.792. The van der Waals surface area contributed by atoms with Crippen molar-refractivity contribution < 1.29 is 9.42 Å². The van der Waals surface area contributed by atoms with Crippen LogP contribution in [0.2, 0.25) is 0 Å². The molecule has 0 saturated heterocycles. The molecule has 0 aromatic carbocycles. The average molecular weight is 233 g/mol. The van der Waals surface area contributed by atoms with Gasteiger partial charge in [0.05, 0.1) is 6.54 Å². The third-order valence-electron chi connectivity index (χ3n) is 1.37. The largest absolute Gasteiger partial charge is 0.354 e. The van der Waals surface area contributed by atoms with Crippen molar-refractivity contribution in [1.29, 1.82) is 0 Å². The van der Waals surface area contributed by atoms with Crippen LogP contribution in [0.1, 0.15) is 4.88 Å². The maximum Gasteiger partial charge on any atom is 0.269 e. The Bertz CT molecular complexity index is 379. The summed E-state index contributed by atoms with van der Waals surface area (Å²) in [6, 6.07) is 0. The number of hydrazone groups is 1. The summed E-state index contributed by atoms with van der Waals surface area (Å²) in [7, 11) is 1.49. The third-order valence-corrected chi connectivity index (χ3v) is 2.16. The van der Waals surface area contributed by atoms with Gasteiger partial charge in [-0.25, -0.2) is 15.1 Å². The molecule has 1 aromatic heterocycles. The molecule has 0 bridgehead atoms. The highest BCUT2D eigenvalue weighted by Crippen LogP contribution is 2.09. The van der Waals surface area contributed by atoms with E-state index in [1.807, 2.05) is 0 Å². The summed E-state index contributed by atoms with van der Waals surface area (Å²) in [5.41, 5.74) is 0. The summed E-state index contributed by atoms with van der Waals surface area (Å²) in [6.07, 6.45) is 1.35. The Morgan fingerprint density at radius 3 is 3.07 bits per heavy atom. The van der Waals surface area contributed by atoms with Crippen molar-refractivity contribution in [3.63, 3.8) is 0 Å². The standard InChI is InChI=1S/C6H8FN5O2S/c1-8-6(11-12(13)14)10-3-4-2-9-5(7)15-4/h2H,3H2,1H3,(H2,8,10,11). The van der Waals surface area contributed by atoms with Crippen molar-refractivity contribution in [1.82, 2.24) is 15.6 Å². The van der Waals surface area contributed by atoms with Crippen LogP contribution in [0.3, 0.4) is 0 Å². The van der Waals surface area contributed by atoms with Crippen LogP contribution in [0, 0.1) is 15.4 Å². The van der Waals surface area contributed by atoms with E-state index in [1.165, 1.54) is 13.2 Å². The van der Waals surface area contributed by atoms with Crippen LogP contribution in [0.5, 0.6) is 0 Å². The Morgan fingerprint density at radius 1 is 1.87 bits per heavy atom. The summed E-state index contributed by atoms with van der Waals surface area (Å²) in [5.74, 6) is 0.00816. The summed E-state index contributed by atoms with van der Waals surface area (Å²) in [6.45, 7) is 0.231. The maximum atomic E-state index is 12.5. The lowest BCUT2D eigenvalue weighted by Crippen LogP contribution is -2.34. The van der Waals surface area contributed by atoms with Crippen LogP contribution in [0.15, 0.2) is 11.3 Å². The molecule has 2 N–H and O–H groups in total. The van der Waals surface area contributed by atoms with Gasteiger partial charge in [-0.05, 0) is 0 Å². The van der Waals surface area contributed by atoms with Gasteiger partial charge >= 0.3 is 0 Å². The van der Waals surface area contributed by atoms with Crippen molar-refractivity contribution in [3.8, 4) is 0 Å². The smallest absolute Gasteiger partial charge is 0.269 e. The highest BCUT2D eigenvalue weighted by atomic mass is 32.1. The molecule has 0 saturated carbocycles. The Kier molecular flexibility index (Phi) is 3.92. The summed E-state index contributed by atoms with van der Waals surface area (Å²) in [4.78, 5) is 14.1. The number of aromatic nitrogens is 1. The first-order valence-electron chi connectivity index (χ1n) is 3.86. The van der Waals surface area contributed by atoms with E-state index in [0.717, 1.165) is 11.3 Å². The van der Waals surface area contributed by atoms with E-state index in [4.69, 9.17) is 0 Å².